The Balaban J connectivity index is 2.38. The molecule has 0 fully saturated rings. The highest BCUT2D eigenvalue weighted by Crippen LogP contribution is 2.22. The third-order valence-corrected chi connectivity index (χ3v) is 4.76. The number of aryl methyl sites for hydroxylation is 1. The van der Waals surface area contributed by atoms with Crippen LogP contribution in [-0.2, 0) is 10.0 Å². The van der Waals surface area contributed by atoms with Gasteiger partial charge in [0.2, 0.25) is 0 Å². The number of carbonyl (C=O) groups is 1. The number of nitrogens with zero attached hydrogens (tertiary/aromatic N) is 1. The minimum atomic E-state index is -4.04. The first kappa shape index (κ1) is 14.5. The lowest BCUT2D eigenvalue weighted by Crippen LogP contribution is -2.16. The van der Waals surface area contributed by atoms with Crippen LogP contribution in [0, 0.1) is 6.92 Å². The molecule has 0 spiro atoms. The molecule has 0 bridgehead atoms. The maximum absolute atomic E-state index is 12.1. The van der Waals surface area contributed by atoms with Gasteiger partial charge in [0.05, 0.1) is 6.20 Å². The number of aromatic carboxylic acids is 1. The number of hydrogen-bond donors (Lipinski definition) is 3. The normalized spacial score (nSPS) is 11.3. The minimum Gasteiger partial charge on any atom is -0.478 e. The fourth-order valence-electron chi connectivity index (χ4n) is 1.55. The van der Waals surface area contributed by atoms with Gasteiger partial charge in [-0.3, -0.25) is 9.82 Å². The van der Waals surface area contributed by atoms with E-state index in [0.717, 1.165) is 16.2 Å². The van der Waals surface area contributed by atoms with Crippen LogP contribution in [0.5, 0.6) is 0 Å². The molecule has 0 saturated heterocycles. The third kappa shape index (κ3) is 2.83. The average molecular weight is 360 g/mol. The average Bonchev–Trinajstić information content (AvgIpc) is 2.83. The zero-order chi connectivity index (χ0) is 14.9. The van der Waals surface area contributed by atoms with E-state index in [4.69, 9.17) is 5.11 Å². The molecule has 0 unspecified atom stereocenters. The number of anilines is 1. The van der Waals surface area contributed by atoms with Crippen molar-refractivity contribution in [2.24, 2.45) is 0 Å². The van der Waals surface area contributed by atoms with Crippen LogP contribution in [0.4, 0.5) is 5.69 Å². The predicted octanol–water partition coefficient (Wildman–Crippen LogP) is 1.98. The molecule has 1 heterocycles. The molecule has 3 N–H and O–H groups in total. The number of rotatable bonds is 4. The van der Waals surface area contributed by atoms with Crippen LogP contribution in [0.2, 0.25) is 0 Å². The first-order valence-corrected chi connectivity index (χ1v) is 7.64. The summed E-state index contributed by atoms with van der Waals surface area (Å²) in [6.07, 6.45) is 0.948. The van der Waals surface area contributed by atoms with Crippen molar-refractivity contribution >= 4 is 37.6 Å². The summed E-state index contributed by atoms with van der Waals surface area (Å²) in [5.74, 6) is -1.37. The summed E-state index contributed by atoms with van der Waals surface area (Å²) in [6, 6.07) is 4.88. The van der Waals surface area contributed by atoms with Crippen LogP contribution in [0.3, 0.4) is 0 Å². The van der Waals surface area contributed by atoms with Crippen molar-refractivity contribution in [1.29, 1.82) is 0 Å². The molecular formula is C11H10BrN3O4S. The van der Waals surface area contributed by atoms with Crippen molar-refractivity contribution in [3.63, 3.8) is 0 Å². The maximum Gasteiger partial charge on any atom is 0.340 e. The lowest BCUT2D eigenvalue weighted by Gasteiger charge is -2.08. The molecule has 106 valence electrons. The number of H-pyrrole nitrogens is 1. The molecule has 0 amide bonds. The lowest BCUT2D eigenvalue weighted by atomic mass is 10.2. The molecule has 1 aromatic carbocycles. The second-order valence-electron chi connectivity index (χ2n) is 3.99. The van der Waals surface area contributed by atoms with Crippen LogP contribution in [0.25, 0.3) is 0 Å². The quantitative estimate of drug-likeness (QED) is 0.772. The molecular weight excluding hydrogens is 350 g/mol. The highest BCUT2D eigenvalue weighted by atomic mass is 79.9. The highest BCUT2D eigenvalue weighted by molar-refractivity contribution is 9.10. The van der Waals surface area contributed by atoms with Crippen molar-refractivity contribution in [1.82, 2.24) is 10.2 Å². The number of aromatic nitrogens is 2. The van der Waals surface area contributed by atoms with Gasteiger partial charge in [-0.25, -0.2) is 4.79 Å². The number of halogens is 1. The fraction of sp³-hybridized carbons (Fsp3) is 0.0909. The molecule has 20 heavy (non-hydrogen) atoms. The van der Waals surface area contributed by atoms with Gasteiger partial charge in [-0.1, -0.05) is 15.9 Å². The summed E-state index contributed by atoms with van der Waals surface area (Å²) in [7, 11) is -4.04. The van der Waals surface area contributed by atoms with E-state index in [1.807, 2.05) is 0 Å². The molecule has 7 nitrogen and oxygen atoms in total. The summed E-state index contributed by atoms with van der Waals surface area (Å²) >= 11 is 3.31. The van der Waals surface area contributed by atoms with Crippen LogP contribution < -0.4 is 4.72 Å². The Hall–Kier alpha value is -1.87. The molecule has 0 aliphatic rings. The number of aromatic amines is 1. The van der Waals surface area contributed by atoms with Crippen LogP contribution >= 0.6 is 15.9 Å². The largest absolute Gasteiger partial charge is 0.478 e. The van der Waals surface area contributed by atoms with Gasteiger partial charge in [0.25, 0.3) is 10.0 Å². The van der Waals surface area contributed by atoms with Gasteiger partial charge in [0.15, 0.2) is 5.03 Å². The summed E-state index contributed by atoms with van der Waals surface area (Å²) < 4.78 is 27.4. The summed E-state index contributed by atoms with van der Waals surface area (Å²) in [4.78, 5) is 10.9. The number of benzene rings is 1. The number of sulfonamides is 1. The molecule has 2 rings (SSSR count). The zero-order valence-corrected chi connectivity index (χ0v) is 12.6. The van der Waals surface area contributed by atoms with E-state index in [1.165, 1.54) is 0 Å². The van der Waals surface area contributed by atoms with E-state index < -0.39 is 26.6 Å². The maximum atomic E-state index is 12.1. The van der Waals surface area contributed by atoms with Gasteiger partial charge in [0.1, 0.15) is 5.56 Å². The van der Waals surface area contributed by atoms with E-state index >= 15 is 0 Å². The Morgan fingerprint density at radius 1 is 1.45 bits per heavy atom. The Morgan fingerprint density at radius 2 is 2.15 bits per heavy atom. The summed E-state index contributed by atoms with van der Waals surface area (Å²) in [5, 5.41) is 14.1. The molecule has 0 aliphatic heterocycles. The first-order chi connectivity index (χ1) is 9.31. The van der Waals surface area contributed by atoms with Crippen molar-refractivity contribution in [2.45, 2.75) is 11.9 Å². The zero-order valence-electron chi connectivity index (χ0n) is 10.2. The molecule has 0 saturated carbocycles. The topological polar surface area (TPSA) is 112 Å². The first-order valence-electron chi connectivity index (χ1n) is 5.37. The second kappa shape index (κ2) is 5.25. The SMILES string of the molecule is Cc1cc(NS(=O)(=O)c2[nH]ncc2C(=O)O)ccc1Br. The van der Waals surface area contributed by atoms with Gasteiger partial charge >= 0.3 is 5.97 Å². The van der Waals surface area contributed by atoms with E-state index in [0.29, 0.717) is 5.69 Å². The number of nitrogens with one attached hydrogen (secondary N) is 2. The van der Waals surface area contributed by atoms with Gasteiger partial charge in [0, 0.05) is 10.2 Å². The van der Waals surface area contributed by atoms with E-state index in [1.54, 1.807) is 25.1 Å². The van der Waals surface area contributed by atoms with Gasteiger partial charge in [-0.2, -0.15) is 13.5 Å². The summed E-state index contributed by atoms with van der Waals surface area (Å²) in [6.45, 7) is 1.81. The molecule has 0 radical (unpaired) electrons. The molecule has 9 heteroatoms. The monoisotopic (exact) mass is 359 g/mol. The van der Waals surface area contributed by atoms with Gasteiger partial charge in [-0.05, 0) is 30.7 Å². The molecule has 1 aromatic heterocycles. The highest BCUT2D eigenvalue weighted by Gasteiger charge is 2.24. The molecule has 2 aromatic rings. The Morgan fingerprint density at radius 3 is 2.75 bits per heavy atom. The molecule has 0 atom stereocenters. The van der Waals surface area contributed by atoms with Crippen LogP contribution in [0.15, 0.2) is 33.9 Å². The predicted molar refractivity (Wildman–Crippen MR) is 75.2 cm³/mol. The minimum absolute atomic E-state index is 0.330. The van der Waals surface area contributed by atoms with Crippen molar-refractivity contribution in [2.75, 3.05) is 4.72 Å². The van der Waals surface area contributed by atoms with Gasteiger partial charge < -0.3 is 5.11 Å². The standard InChI is InChI=1S/C11H10BrN3O4S/c1-6-4-7(2-3-9(6)12)15-20(18,19)10-8(11(16)17)5-13-14-10/h2-5,15H,1H3,(H,13,14)(H,16,17). The van der Waals surface area contributed by atoms with E-state index in [-0.39, 0.29) is 0 Å². The van der Waals surface area contributed by atoms with Gasteiger partial charge in [-0.15, -0.1) is 0 Å². The van der Waals surface area contributed by atoms with Crippen LogP contribution in [-0.4, -0.2) is 29.7 Å². The lowest BCUT2D eigenvalue weighted by molar-refractivity contribution is 0.0692. The number of carboxylic acid groups (broad SMARTS) is 1. The third-order valence-electron chi connectivity index (χ3n) is 2.51. The number of hydrogen-bond acceptors (Lipinski definition) is 4. The number of carboxylic acids is 1. The smallest absolute Gasteiger partial charge is 0.340 e. The summed E-state index contributed by atoms with van der Waals surface area (Å²) in [5.41, 5.74) is 0.760. The van der Waals surface area contributed by atoms with Crippen molar-refractivity contribution < 1.29 is 18.3 Å². The van der Waals surface area contributed by atoms with E-state index in [2.05, 4.69) is 30.8 Å². The van der Waals surface area contributed by atoms with Crippen LogP contribution in [0.1, 0.15) is 15.9 Å². The Bertz CT molecular complexity index is 770. The molecule has 0 aliphatic carbocycles. The van der Waals surface area contributed by atoms with Crippen molar-refractivity contribution in [3.8, 4) is 0 Å². The van der Waals surface area contributed by atoms with E-state index in [9.17, 15) is 13.2 Å². The Labute approximate surface area is 123 Å². The van der Waals surface area contributed by atoms with Crippen molar-refractivity contribution in [3.05, 3.63) is 40.0 Å². The second-order valence-corrected chi connectivity index (χ2v) is 6.46. The Kier molecular flexibility index (Phi) is 3.82. The fourth-order valence-corrected chi connectivity index (χ4v) is 2.93.